The van der Waals surface area contributed by atoms with Crippen LogP contribution in [0.25, 0.3) is 0 Å². The molecule has 3 nitrogen and oxygen atoms in total. The minimum Gasteiger partial charge on any atom is -0.493 e. The van der Waals surface area contributed by atoms with E-state index in [1.807, 2.05) is 19.9 Å². The van der Waals surface area contributed by atoms with Crippen LogP contribution in [0.3, 0.4) is 0 Å². The first-order chi connectivity index (χ1) is 7.65. The maximum Gasteiger partial charge on any atom is 0.166 e. The molecule has 0 aliphatic carbocycles. The molecule has 90 valence electrons. The minimum atomic E-state index is 0.143. The average molecular weight is 244 g/mol. The highest BCUT2D eigenvalue weighted by atomic mass is 35.5. The predicted molar refractivity (Wildman–Crippen MR) is 66.6 cm³/mol. The van der Waals surface area contributed by atoms with Gasteiger partial charge in [-0.1, -0.05) is 18.5 Å². The number of hydrogen-bond acceptors (Lipinski definition) is 3. The van der Waals surface area contributed by atoms with E-state index in [9.17, 15) is 0 Å². The number of benzene rings is 1. The Morgan fingerprint density at radius 2 is 2.12 bits per heavy atom. The van der Waals surface area contributed by atoms with Crippen molar-refractivity contribution in [2.24, 2.45) is 5.73 Å². The van der Waals surface area contributed by atoms with Gasteiger partial charge in [-0.25, -0.2) is 0 Å². The van der Waals surface area contributed by atoms with Gasteiger partial charge in [0.15, 0.2) is 11.5 Å². The van der Waals surface area contributed by atoms with Gasteiger partial charge in [0.05, 0.1) is 13.7 Å². The summed E-state index contributed by atoms with van der Waals surface area (Å²) in [7, 11) is 1.61. The highest BCUT2D eigenvalue weighted by molar-refractivity contribution is 6.31. The fourth-order valence-corrected chi connectivity index (χ4v) is 1.92. The van der Waals surface area contributed by atoms with Crippen LogP contribution in [0.4, 0.5) is 0 Å². The molecule has 1 aromatic rings. The standard InChI is InChI=1S/C12H18ClNO2/c1-4-16-12-10(15-3)6-5-9(13)11(12)8(2)7-14/h5-6,8H,4,7,14H2,1-3H3. The first kappa shape index (κ1) is 13.1. The summed E-state index contributed by atoms with van der Waals surface area (Å²) in [6.45, 7) is 5.04. The van der Waals surface area contributed by atoms with Crippen LogP contribution >= 0.6 is 11.6 Å². The van der Waals surface area contributed by atoms with Gasteiger partial charge in [-0.15, -0.1) is 0 Å². The van der Waals surface area contributed by atoms with Gasteiger partial charge in [0.25, 0.3) is 0 Å². The van der Waals surface area contributed by atoms with E-state index in [4.69, 9.17) is 26.8 Å². The second-order valence-electron chi connectivity index (χ2n) is 3.56. The van der Waals surface area contributed by atoms with E-state index in [0.717, 1.165) is 5.56 Å². The van der Waals surface area contributed by atoms with Gasteiger partial charge in [0, 0.05) is 10.6 Å². The monoisotopic (exact) mass is 243 g/mol. The molecule has 2 N–H and O–H groups in total. The molecule has 1 rings (SSSR count). The fraction of sp³-hybridized carbons (Fsp3) is 0.500. The van der Waals surface area contributed by atoms with E-state index in [-0.39, 0.29) is 5.92 Å². The SMILES string of the molecule is CCOc1c(OC)ccc(Cl)c1C(C)CN. The lowest BCUT2D eigenvalue weighted by molar-refractivity contribution is 0.306. The minimum absolute atomic E-state index is 0.143. The molecule has 0 amide bonds. The van der Waals surface area contributed by atoms with Gasteiger partial charge < -0.3 is 15.2 Å². The summed E-state index contributed by atoms with van der Waals surface area (Å²) in [5, 5.41) is 0.669. The largest absolute Gasteiger partial charge is 0.493 e. The van der Waals surface area contributed by atoms with Crippen molar-refractivity contribution in [1.29, 1.82) is 0 Å². The van der Waals surface area contributed by atoms with Crippen LogP contribution in [0.1, 0.15) is 25.3 Å². The van der Waals surface area contributed by atoms with Crippen LogP contribution in [-0.2, 0) is 0 Å². The second kappa shape index (κ2) is 5.97. The van der Waals surface area contributed by atoms with E-state index < -0.39 is 0 Å². The second-order valence-corrected chi connectivity index (χ2v) is 3.97. The van der Waals surface area contributed by atoms with Crippen LogP contribution in [0, 0.1) is 0 Å². The Labute approximate surface area is 101 Å². The number of hydrogen-bond donors (Lipinski definition) is 1. The third-order valence-corrected chi connectivity index (χ3v) is 2.79. The molecule has 0 aliphatic heterocycles. The van der Waals surface area contributed by atoms with Crippen molar-refractivity contribution in [3.63, 3.8) is 0 Å². The van der Waals surface area contributed by atoms with Crippen molar-refractivity contribution < 1.29 is 9.47 Å². The van der Waals surface area contributed by atoms with E-state index in [0.29, 0.717) is 29.7 Å². The van der Waals surface area contributed by atoms with Gasteiger partial charge in [-0.3, -0.25) is 0 Å². The molecule has 1 aromatic carbocycles. The molecule has 0 aromatic heterocycles. The fourth-order valence-electron chi connectivity index (χ4n) is 1.59. The molecule has 0 aliphatic rings. The number of nitrogens with two attached hydrogens (primary N) is 1. The first-order valence-corrected chi connectivity index (χ1v) is 5.72. The zero-order valence-electron chi connectivity index (χ0n) is 9.92. The zero-order chi connectivity index (χ0) is 12.1. The first-order valence-electron chi connectivity index (χ1n) is 5.34. The molecule has 0 radical (unpaired) electrons. The third kappa shape index (κ3) is 2.60. The van der Waals surface area contributed by atoms with Crippen molar-refractivity contribution in [2.45, 2.75) is 19.8 Å². The number of methoxy groups -OCH3 is 1. The Bertz CT molecular complexity index is 355. The van der Waals surface area contributed by atoms with Crippen LogP contribution in [0.15, 0.2) is 12.1 Å². The van der Waals surface area contributed by atoms with Crippen LogP contribution in [0.5, 0.6) is 11.5 Å². The predicted octanol–water partition coefficient (Wildman–Crippen LogP) is 2.81. The summed E-state index contributed by atoms with van der Waals surface area (Å²) >= 11 is 6.18. The summed E-state index contributed by atoms with van der Waals surface area (Å²) in [6, 6.07) is 3.62. The molecule has 0 bridgehead atoms. The van der Waals surface area contributed by atoms with E-state index >= 15 is 0 Å². The van der Waals surface area contributed by atoms with Crippen molar-refractivity contribution >= 4 is 11.6 Å². The van der Waals surface area contributed by atoms with Crippen molar-refractivity contribution in [3.05, 3.63) is 22.7 Å². The lowest BCUT2D eigenvalue weighted by Gasteiger charge is -2.19. The molecule has 1 atom stereocenters. The normalized spacial score (nSPS) is 12.3. The average Bonchev–Trinajstić information content (AvgIpc) is 2.29. The summed E-state index contributed by atoms with van der Waals surface area (Å²) < 4.78 is 10.9. The van der Waals surface area contributed by atoms with E-state index in [1.54, 1.807) is 13.2 Å². The Kier molecular flexibility index (Phi) is 4.90. The summed E-state index contributed by atoms with van der Waals surface area (Å²) in [4.78, 5) is 0. The van der Waals surface area contributed by atoms with Crippen molar-refractivity contribution in [1.82, 2.24) is 0 Å². The molecule has 0 saturated carbocycles. The lowest BCUT2D eigenvalue weighted by Crippen LogP contribution is -2.12. The van der Waals surface area contributed by atoms with Crippen LogP contribution < -0.4 is 15.2 Å². The number of rotatable bonds is 5. The van der Waals surface area contributed by atoms with Crippen molar-refractivity contribution in [2.75, 3.05) is 20.3 Å². The molecule has 0 fully saturated rings. The molecule has 1 unspecified atom stereocenters. The van der Waals surface area contributed by atoms with E-state index in [1.165, 1.54) is 0 Å². The molecule has 0 saturated heterocycles. The Hall–Kier alpha value is -0.930. The van der Waals surface area contributed by atoms with Gasteiger partial charge in [-0.05, 0) is 31.5 Å². The maximum absolute atomic E-state index is 6.18. The molecule has 4 heteroatoms. The molecular formula is C12H18ClNO2. The Balaban J connectivity index is 3.29. The highest BCUT2D eigenvalue weighted by Crippen LogP contribution is 2.40. The van der Waals surface area contributed by atoms with E-state index in [2.05, 4.69) is 0 Å². The zero-order valence-corrected chi connectivity index (χ0v) is 10.7. The van der Waals surface area contributed by atoms with Gasteiger partial charge in [0.1, 0.15) is 0 Å². The molecule has 0 spiro atoms. The quantitative estimate of drug-likeness (QED) is 0.865. The highest BCUT2D eigenvalue weighted by Gasteiger charge is 2.18. The Morgan fingerprint density at radius 1 is 1.44 bits per heavy atom. The molecular weight excluding hydrogens is 226 g/mol. The van der Waals surface area contributed by atoms with Crippen molar-refractivity contribution in [3.8, 4) is 11.5 Å². The van der Waals surface area contributed by atoms with Gasteiger partial charge in [-0.2, -0.15) is 0 Å². The smallest absolute Gasteiger partial charge is 0.166 e. The maximum atomic E-state index is 6.18. The molecule has 16 heavy (non-hydrogen) atoms. The van der Waals surface area contributed by atoms with Gasteiger partial charge >= 0.3 is 0 Å². The Morgan fingerprint density at radius 3 is 2.62 bits per heavy atom. The summed E-state index contributed by atoms with van der Waals surface area (Å²) in [6.07, 6.45) is 0. The van der Waals surface area contributed by atoms with Crippen LogP contribution in [0.2, 0.25) is 5.02 Å². The number of ether oxygens (including phenoxy) is 2. The van der Waals surface area contributed by atoms with Gasteiger partial charge in [0.2, 0.25) is 0 Å². The summed E-state index contributed by atoms with van der Waals surface area (Å²) in [5.41, 5.74) is 6.60. The summed E-state index contributed by atoms with van der Waals surface area (Å²) in [5.74, 6) is 1.54. The van der Waals surface area contributed by atoms with Crippen LogP contribution in [-0.4, -0.2) is 20.3 Å². The topological polar surface area (TPSA) is 44.5 Å². The third-order valence-electron chi connectivity index (χ3n) is 2.46. The lowest BCUT2D eigenvalue weighted by atomic mass is 9.99. The molecule has 0 heterocycles. The number of halogens is 1.